The summed E-state index contributed by atoms with van der Waals surface area (Å²) < 4.78 is 11.7. The van der Waals surface area contributed by atoms with Crippen LogP contribution in [0, 0.1) is 5.41 Å². The van der Waals surface area contributed by atoms with E-state index in [1.165, 1.54) is 0 Å². The molecule has 1 spiro atoms. The van der Waals surface area contributed by atoms with E-state index in [9.17, 15) is 4.79 Å². The van der Waals surface area contributed by atoms with Gasteiger partial charge in [-0.05, 0) is 45.2 Å². The normalized spacial score (nSPS) is 21.9. The zero-order chi connectivity index (χ0) is 16.9. The maximum absolute atomic E-state index is 12.3. The number of ether oxygens (including phenoxy) is 2. The number of rotatable bonds is 2. The van der Waals surface area contributed by atoms with Crippen LogP contribution in [0.1, 0.15) is 44.7 Å². The lowest BCUT2D eigenvalue weighted by atomic mass is 9.63. The summed E-state index contributed by atoms with van der Waals surface area (Å²) in [5.41, 5.74) is 2.33. The van der Waals surface area contributed by atoms with E-state index >= 15 is 0 Å². The first kappa shape index (κ1) is 15.8. The third kappa shape index (κ3) is 2.86. The smallest absolute Gasteiger partial charge is 0.410 e. The SMILES string of the molecule is CC(C)(C)OC(=O)N1Cc2cccc(OC3CC4(CNC4)C3)c2C1. The van der Waals surface area contributed by atoms with Gasteiger partial charge in [0, 0.05) is 30.6 Å². The summed E-state index contributed by atoms with van der Waals surface area (Å²) in [6.07, 6.45) is 2.33. The van der Waals surface area contributed by atoms with E-state index in [0.717, 1.165) is 42.8 Å². The molecule has 1 saturated heterocycles. The van der Waals surface area contributed by atoms with Gasteiger partial charge in [-0.2, -0.15) is 0 Å². The summed E-state index contributed by atoms with van der Waals surface area (Å²) in [5, 5.41) is 3.35. The number of hydrogen-bond acceptors (Lipinski definition) is 4. The molecule has 1 N–H and O–H groups in total. The number of amides is 1. The zero-order valence-electron chi connectivity index (χ0n) is 14.7. The van der Waals surface area contributed by atoms with Crippen LogP contribution in [0.3, 0.4) is 0 Å². The van der Waals surface area contributed by atoms with Crippen LogP contribution < -0.4 is 10.1 Å². The summed E-state index contributed by atoms with van der Waals surface area (Å²) in [4.78, 5) is 14.1. The van der Waals surface area contributed by atoms with Crippen LogP contribution in [-0.2, 0) is 17.8 Å². The molecule has 1 aromatic rings. The van der Waals surface area contributed by atoms with Crippen molar-refractivity contribution in [3.05, 3.63) is 29.3 Å². The largest absolute Gasteiger partial charge is 0.490 e. The number of nitrogens with one attached hydrogen (secondary N) is 1. The molecule has 2 heterocycles. The van der Waals surface area contributed by atoms with E-state index in [-0.39, 0.29) is 6.09 Å². The van der Waals surface area contributed by atoms with Gasteiger partial charge < -0.3 is 14.8 Å². The van der Waals surface area contributed by atoms with Gasteiger partial charge >= 0.3 is 6.09 Å². The van der Waals surface area contributed by atoms with E-state index in [1.54, 1.807) is 4.90 Å². The van der Waals surface area contributed by atoms with Crippen LogP contribution in [0.4, 0.5) is 4.79 Å². The van der Waals surface area contributed by atoms with Crippen molar-refractivity contribution in [2.24, 2.45) is 5.41 Å². The summed E-state index contributed by atoms with van der Waals surface area (Å²) in [6, 6.07) is 6.12. The topological polar surface area (TPSA) is 50.8 Å². The first-order valence-electron chi connectivity index (χ1n) is 8.80. The number of benzene rings is 1. The molecule has 0 aromatic heterocycles. The van der Waals surface area contributed by atoms with Gasteiger partial charge in [-0.3, -0.25) is 4.90 Å². The lowest BCUT2D eigenvalue weighted by Gasteiger charge is -2.53. The van der Waals surface area contributed by atoms with Crippen molar-refractivity contribution in [1.29, 1.82) is 0 Å². The average molecular weight is 330 g/mol. The highest BCUT2D eigenvalue weighted by Crippen LogP contribution is 2.46. The summed E-state index contributed by atoms with van der Waals surface area (Å²) in [5.74, 6) is 0.936. The van der Waals surface area contributed by atoms with E-state index < -0.39 is 5.60 Å². The Bertz CT molecular complexity index is 653. The zero-order valence-corrected chi connectivity index (χ0v) is 14.7. The molecule has 1 saturated carbocycles. The first-order valence-corrected chi connectivity index (χ1v) is 8.80. The molecule has 1 amide bonds. The third-order valence-electron chi connectivity index (χ3n) is 5.21. The van der Waals surface area contributed by atoms with Gasteiger partial charge in [0.1, 0.15) is 11.4 Å². The Morgan fingerprint density at radius 2 is 2.00 bits per heavy atom. The van der Waals surface area contributed by atoms with Crippen LogP contribution in [0.5, 0.6) is 5.75 Å². The minimum atomic E-state index is -0.470. The predicted octanol–water partition coefficient (Wildman–Crippen LogP) is 3.07. The molecule has 24 heavy (non-hydrogen) atoms. The van der Waals surface area contributed by atoms with Crippen molar-refractivity contribution in [3.8, 4) is 5.75 Å². The molecular weight excluding hydrogens is 304 g/mol. The molecule has 3 aliphatic rings. The Balaban J connectivity index is 1.41. The molecule has 130 valence electrons. The number of nitrogens with zero attached hydrogens (tertiary/aromatic N) is 1. The molecule has 0 atom stereocenters. The van der Waals surface area contributed by atoms with E-state index in [4.69, 9.17) is 9.47 Å². The lowest BCUT2D eigenvalue weighted by molar-refractivity contribution is -0.0499. The van der Waals surface area contributed by atoms with Crippen LogP contribution in [0.15, 0.2) is 18.2 Å². The number of carbonyl (C=O) groups excluding carboxylic acids is 1. The molecule has 5 nitrogen and oxygen atoms in total. The molecule has 1 aliphatic carbocycles. The van der Waals surface area contributed by atoms with E-state index in [2.05, 4.69) is 11.4 Å². The minimum absolute atomic E-state index is 0.257. The van der Waals surface area contributed by atoms with Crippen molar-refractivity contribution in [2.75, 3.05) is 13.1 Å². The van der Waals surface area contributed by atoms with Crippen molar-refractivity contribution in [2.45, 2.75) is 58.4 Å². The first-order chi connectivity index (χ1) is 11.3. The number of carbonyl (C=O) groups is 1. The van der Waals surface area contributed by atoms with Gasteiger partial charge in [-0.15, -0.1) is 0 Å². The lowest BCUT2D eigenvalue weighted by Crippen LogP contribution is -2.62. The quantitative estimate of drug-likeness (QED) is 0.905. The number of fused-ring (bicyclic) bond motifs is 1. The molecule has 0 unspecified atom stereocenters. The maximum Gasteiger partial charge on any atom is 0.410 e. The monoisotopic (exact) mass is 330 g/mol. The predicted molar refractivity (Wildman–Crippen MR) is 90.9 cm³/mol. The molecule has 4 rings (SSSR count). The minimum Gasteiger partial charge on any atom is -0.490 e. The van der Waals surface area contributed by atoms with Gasteiger partial charge in [-0.1, -0.05) is 12.1 Å². The molecule has 2 aliphatic heterocycles. The van der Waals surface area contributed by atoms with E-state index in [0.29, 0.717) is 24.6 Å². The Labute approximate surface area is 143 Å². The van der Waals surface area contributed by atoms with Gasteiger partial charge in [0.15, 0.2) is 0 Å². The Hall–Kier alpha value is -1.75. The standard InChI is InChI=1S/C19H26N2O3/c1-18(2,3)24-17(22)21-9-13-5-4-6-16(15(13)10-21)23-14-7-19(8-14)11-20-12-19/h4-6,14,20H,7-12H2,1-3H3. The molecule has 0 radical (unpaired) electrons. The van der Waals surface area contributed by atoms with Gasteiger partial charge in [-0.25, -0.2) is 4.79 Å². The average Bonchev–Trinajstić information content (AvgIpc) is 2.83. The van der Waals surface area contributed by atoms with Gasteiger partial charge in [0.25, 0.3) is 0 Å². The second-order valence-electron chi connectivity index (χ2n) is 8.48. The second kappa shape index (κ2) is 5.38. The van der Waals surface area contributed by atoms with Crippen molar-refractivity contribution in [3.63, 3.8) is 0 Å². The van der Waals surface area contributed by atoms with Crippen LogP contribution >= 0.6 is 0 Å². The second-order valence-corrected chi connectivity index (χ2v) is 8.48. The fourth-order valence-corrected chi connectivity index (χ4v) is 3.89. The highest BCUT2D eigenvalue weighted by atomic mass is 16.6. The molecule has 0 bridgehead atoms. The van der Waals surface area contributed by atoms with Crippen molar-refractivity contribution >= 4 is 6.09 Å². The van der Waals surface area contributed by atoms with E-state index in [1.807, 2.05) is 32.9 Å². The number of hydrogen-bond donors (Lipinski definition) is 1. The van der Waals surface area contributed by atoms with Crippen LogP contribution in [0.25, 0.3) is 0 Å². The Morgan fingerprint density at radius 3 is 2.62 bits per heavy atom. The van der Waals surface area contributed by atoms with Crippen molar-refractivity contribution in [1.82, 2.24) is 10.2 Å². The van der Waals surface area contributed by atoms with Crippen molar-refractivity contribution < 1.29 is 14.3 Å². The highest BCUT2D eigenvalue weighted by molar-refractivity contribution is 5.69. The third-order valence-corrected chi connectivity index (χ3v) is 5.21. The maximum atomic E-state index is 12.3. The molecular formula is C19H26N2O3. The molecule has 1 aromatic carbocycles. The van der Waals surface area contributed by atoms with Gasteiger partial charge in [0.2, 0.25) is 0 Å². The summed E-state index contributed by atoms with van der Waals surface area (Å²) in [7, 11) is 0. The fraction of sp³-hybridized carbons (Fsp3) is 0.632. The Kier molecular flexibility index (Phi) is 3.53. The molecule has 5 heteroatoms. The Morgan fingerprint density at radius 1 is 1.25 bits per heavy atom. The summed E-state index contributed by atoms with van der Waals surface area (Å²) in [6.45, 7) is 9.11. The van der Waals surface area contributed by atoms with Gasteiger partial charge in [0.05, 0.1) is 12.6 Å². The van der Waals surface area contributed by atoms with Crippen LogP contribution in [-0.4, -0.2) is 35.8 Å². The fourth-order valence-electron chi connectivity index (χ4n) is 3.89. The van der Waals surface area contributed by atoms with Crippen LogP contribution in [0.2, 0.25) is 0 Å². The summed E-state index contributed by atoms with van der Waals surface area (Å²) >= 11 is 0. The molecule has 2 fully saturated rings. The highest BCUT2D eigenvalue weighted by Gasteiger charge is 2.49.